The van der Waals surface area contributed by atoms with E-state index in [4.69, 9.17) is 5.11 Å². The maximum Gasteiger partial charge on any atom is 0.338 e. The third kappa shape index (κ3) is 3.34. The molecule has 0 saturated heterocycles. The minimum Gasteiger partial charge on any atom is -0.478 e. The molecule has 1 aromatic heterocycles. The number of hydrogen-bond acceptors (Lipinski definition) is 5. The number of rotatable bonds is 5. The fourth-order valence-electron chi connectivity index (χ4n) is 1.61. The third-order valence-electron chi connectivity index (χ3n) is 2.52. The number of aromatic carboxylic acids is 1. The van der Waals surface area contributed by atoms with E-state index in [1.807, 2.05) is 11.4 Å². The van der Waals surface area contributed by atoms with Gasteiger partial charge in [0.05, 0.1) is 10.5 Å². The number of halogens is 1. The van der Waals surface area contributed by atoms with Crippen LogP contribution in [0.3, 0.4) is 0 Å². The highest BCUT2D eigenvalue weighted by Gasteiger charge is 2.15. The first-order valence-corrected chi connectivity index (χ1v) is 7.13. The molecule has 0 saturated carbocycles. The summed E-state index contributed by atoms with van der Waals surface area (Å²) in [6.07, 6.45) is 0. The van der Waals surface area contributed by atoms with E-state index in [-0.39, 0.29) is 11.3 Å². The molecule has 0 amide bonds. The summed E-state index contributed by atoms with van der Waals surface area (Å²) >= 11 is 4.86. The van der Waals surface area contributed by atoms with Gasteiger partial charge >= 0.3 is 5.97 Å². The molecule has 20 heavy (non-hydrogen) atoms. The van der Waals surface area contributed by atoms with Crippen molar-refractivity contribution in [1.29, 1.82) is 0 Å². The summed E-state index contributed by atoms with van der Waals surface area (Å²) in [6, 6.07) is 5.65. The van der Waals surface area contributed by atoms with Crippen LogP contribution in [0.15, 0.2) is 34.1 Å². The molecule has 0 atom stereocenters. The van der Waals surface area contributed by atoms with Crippen molar-refractivity contribution in [2.75, 3.05) is 5.32 Å². The summed E-state index contributed by atoms with van der Waals surface area (Å²) in [5, 5.41) is 24.7. The van der Waals surface area contributed by atoms with Gasteiger partial charge in [0.2, 0.25) is 0 Å². The number of hydrogen-bond donors (Lipinski definition) is 2. The van der Waals surface area contributed by atoms with Crippen molar-refractivity contribution in [3.8, 4) is 0 Å². The number of nitrogens with zero attached hydrogens (tertiary/aromatic N) is 1. The summed E-state index contributed by atoms with van der Waals surface area (Å²) in [4.78, 5) is 22.2. The van der Waals surface area contributed by atoms with Gasteiger partial charge in [-0.05, 0) is 28.1 Å². The summed E-state index contributed by atoms with van der Waals surface area (Å²) in [6.45, 7) is 0.453. The van der Waals surface area contributed by atoms with Crippen molar-refractivity contribution < 1.29 is 14.8 Å². The number of nitro groups is 1. The van der Waals surface area contributed by atoms with E-state index >= 15 is 0 Å². The second kappa shape index (κ2) is 6.02. The van der Waals surface area contributed by atoms with Crippen molar-refractivity contribution in [2.45, 2.75) is 6.54 Å². The van der Waals surface area contributed by atoms with Crippen LogP contribution in [0.25, 0.3) is 0 Å². The maximum atomic E-state index is 11.1. The average molecular weight is 357 g/mol. The van der Waals surface area contributed by atoms with E-state index in [1.165, 1.54) is 23.5 Å². The Hall–Kier alpha value is -1.93. The van der Waals surface area contributed by atoms with Crippen LogP contribution in [0.1, 0.15) is 15.2 Å². The van der Waals surface area contributed by atoms with Crippen molar-refractivity contribution in [3.63, 3.8) is 0 Å². The molecule has 0 fully saturated rings. The van der Waals surface area contributed by atoms with E-state index in [9.17, 15) is 14.9 Å². The van der Waals surface area contributed by atoms with Crippen molar-refractivity contribution >= 4 is 44.6 Å². The van der Waals surface area contributed by atoms with Crippen LogP contribution in [0.5, 0.6) is 0 Å². The lowest BCUT2D eigenvalue weighted by Gasteiger charge is -2.08. The molecule has 2 N–H and O–H groups in total. The fourth-order valence-corrected chi connectivity index (χ4v) is 3.00. The number of benzene rings is 1. The zero-order valence-corrected chi connectivity index (χ0v) is 12.4. The molecule has 6 nitrogen and oxygen atoms in total. The monoisotopic (exact) mass is 356 g/mol. The number of carboxylic acids is 1. The van der Waals surface area contributed by atoms with E-state index in [2.05, 4.69) is 21.2 Å². The van der Waals surface area contributed by atoms with Crippen LogP contribution in [0.4, 0.5) is 11.4 Å². The molecule has 0 aliphatic carbocycles. The maximum absolute atomic E-state index is 11.1. The van der Waals surface area contributed by atoms with E-state index < -0.39 is 10.9 Å². The summed E-state index contributed by atoms with van der Waals surface area (Å²) in [5.74, 6) is -1.21. The number of nitrogens with one attached hydrogen (secondary N) is 1. The van der Waals surface area contributed by atoms with E-state index in [0.717, 1.165) is 15.4 Å². The molecule has 2 aromatic rings. The predicted octanol–water partition coefficient (Wildman–Crippen LogP) is 3.73. The molecule has 0 radical (unpaired) electrons. The molecule has 2 rings (SSSR count). The van der Waals surface area contributed by atoms with Crippen LogP contribution in [0, 0.1) is 10.1 Å². The molecule has 0 aliphatic rings. The predicted molar refractivity (Wildman–Crippen MR) is 79.4 cm³/mol. The van der Waals surface area contributed by atoms with Crippen molar-refractivity contribution in [1.82, 2.24) is 0 Å². The van der Waals surface area contributed by atoms with Gasteiger partial charge in [0, 0.05) is 39.1 Å². The van der Waals surface area contributed by atoms with Gasteiger partial charge < -0.3 is 10.4 Å². The second-order valence-electron chi connectivity index (χ2n) is 3.88. The first-order chi connectivity index (χ1) is 9.47. The first-order valence-electron chi connectivity index (χ1n) is 5.46. The van der Waals surface area contributed by atoms with Crippen LogP contribution in [-0.4, -0.2) is 16.0 Å². The number of non-ortho nitro benzene ring substituents is 1. The minimum atomic E-state index is -1.21. The van der Waals surface area contributed by atoms with E-state index in [1.54, 1.807) is 0 Å². The van der Waals surface area contributed by atoms with Crippen LogP contribution < -0.4 is 5.32 Å². The topological polar surface area (TPSA) is 92.5 Å². The molecule has 8 heteroatoms. The lowest BCUT2D eigenvalue weighted by atomic mass is 10.1. The van der Waals surface area contributed by atoms with Crippen LogP contribution in [0.2, 0.25) is 0 Å². The molecule has 0 unspecified atom stereocenters. The Morgan fingerprint density at radius 2 is 2.20 bits per heavy atom. The van der Waals surface area contributed by atoms with Gasteiger partial charge in [-0.25, -0.2) is 4.79 Å². The van der Waals surface area contributed by atoms with Gasteiger partial charge in [-0.3, -0.25) is 10.1 Å². The van der Waals surface area contributed by atoms with Gasteiger partial charge in [-0.2, -0.15) is 0 Å². The van der Waals surface area contributed by atoms with Crippen LogP contribution in [-0.2, 0) is 6.54 Å². The smallest absolute Gasteiger partial charge is 0.338 e. The van der Waals surface area contributed by atoms with Crippen LogP contribution >= 0.6 is 27.3 Å². The Labute approximate surface area is 126 Å². The number of carboxylic acid groups (broad SMARTS) is 1. The number of nitro benzene ring substituents is 1. The quantitative estimate of drug-likeness (QED) is 0.628. The Morgan fingerprint density at radius 1 is 1.45 bits per heavy atom. The average Bonchev–Trinajstić information content (AvgIpc) is 2.81. The molecule has 104 valence electrons. The lowest BCUT2D eigenvalue weighted by Crippen LogP contribution is -2.06. The second-order valence-corrected chi connectivity index (χ2v) is 5.79. The number of anilines is 1. The number of thiophene rings is 1. The zero-order chi connectivity index (χ0) is 14.7. The number of carbonyl (C=O) groups is 1. The van der Waals surface area contributed by atoms with Gasteiger partial charge in [0.25, 0.3) is 5.69 Å². The molecule has 0 bridgehead atoms. The lowest BCUT2D eigenvalue weighted by molar-refractivity contribution is -0.384. The third-order valence-corrected chi connectivity index (χ3v) is 4.22. The largest absolute Gasteiger partial charge is 0.478 e. The van der Waals surface area contributed by atoms with Crippen molar-refractivity contribution in [2.24, 2.45) is 0 Å². The molecule has 0 aliphatic heterocycles. The molecule has 1 aromatic carbocycles. The molecule has 1 heterocycles. The summed E-state index contributed by atoms with van der Waals surface area (Å²) in [7, 11) is 0. The fraction of sp³-hybridized carbons (Fsp3) is 0.0833. The molecule has 0 spiro atoms. The van der Waals surface area contributed by atoms with Crippen molar-refractivity contribution in [3.05, 3.63) is 54.7 Å². The van der Waals surface area contributed by atoms with Gasteiger partial charge in [0.1, 0.15) is 0 Å². The highest BCUT2D eigenvalue weighted by molar-refractivity contribution is 9.10. The standard InChI is InChI=1S/C12H9BrN2O4S/c13-7-3-9(20-6-7)5-14-11-2-1-8(15(18)19)4-10(11)12(16)17/h1-4,6,14H,5H2,(H,16,17). The highest BCUT2D eigenvalue weighted by Crippen LogP contribution is 2.25. The van der Waals surface area contributed by atoms with Gasteiger partial charge in [0.15, 0.2) is 0 Å². The Balaban J connectivity index is 2.22. The Morgan fingerprint density at radius 3 is 2.75 bits per heavy atom. The normalized spacial score (nSPS) is 10.2. The van der Waals surface area contributed by atoms with E-state index in [0.29, 0.717) is 12.2 Å². The Kier molecular flexibility index (Phi) is 4.35. The first kappa shape index (κ1) is 14.5. The SMILES string of the molecule is O=C(O)c1cc([N+](=O)[O-])ccc1NCc1cc(Br)cs1. The minimum absolute atomic E-state index is 0.116. The summed E-state index contributed by atoms with van der Waals surface area (Å²) < 4.78 is 0.960. The molecular formula is C12H9BrN2O4S. The molecular weight excluding hydrogens is 348 g/mol. The van der Waals surface area contributed by atoms with Gasteiger partial charge in [-0.1, -0.05) is 0 Å². The highest BCUT2D eigenvalue weighted by atomic mass is 79.9. The Bertz CT molecular complexity index is 671. The zero-order valence-electron chi connectivity index (χ0n) is 10.00. The summed E-state index contributed by atoms with van der Waals surface area (Å²) in [5.41, 5.74) is -0.00531. The van der Waals surface area contributed by atoms with Gasteiger partial charge in [-0.15, -0.1) is 11.3 Å².